The number of benzene rings is 1. The Morgan fingerprint density at radius 1 is 1.11 bits per heavy atom. The summed E-state index contributed by atoms with van der Waals surface area (Å²) in [4.78, 5) is 2.75. The molecular weight excluding hydrogens is 238 g/mol. The maximum Gasteiger partial charge on any atom is 0.0194 e. The van der Waals surface area contributed by atoms with E-state index in [0.717, 1.165) is 12.0 Å². The Hall–Kier alpha value is -0.470. The quantitative estimate of drug-likeness (QED) is 0.801. The highest BCUT2D eigenvalue weighted by Crippen LogP contribution is 2.56. The van der Waals surface area contributed by atoms with Crippen molar-refractivity contribution in [2.45, 2.75) is 31.2 Å². The first-order chi connectivity index (χ1) is 8.85. The summed E-state index contributed by atoms with van der Waals surface area (Å²) < 4.78 is 0. The predicted molar refractivity (Wildman–Crippen MR) is 78.2 cm³/mol. The van der Waals surface area contributed by atoms with Crippen molar-refractivity contribution in [1.29, 1.82) is 0 Å². The monoisotopic (exact) mass is 259 g/mol. The van der Waals surface area contributed by atoms with E-state index in [2.05, 4.69) is 47.0 Å². The van der Waals surface area contributed by atoms with Crippen molar-refractivity contribution in [2.24, 2.45) is 5.41 Å². The van der Waals surface area contributed by atoms with Gasteiger partial charge in [-0.25, -0.2) is 0 Å². The van der Waals surface area contributed by atoms with Gasteiger partial charge in [0.2, 0.25) is 0 Å². The molecule has 2 heteroatoms. The summed E-state index contributed by atoms with van der Waals surface area (Å²) in [6, 6.07) is 12.0. The van der Waals surface area contributed by atoms with E-state index in [1.807, 2.05) is 0 Å². The van der Waals surface area contributed by atoms with Gasteiger partial charge in [-0.1, -0.05) is 30.3 Å². The van der Waals surface area contributed by atoms with Gasteiger partial charge in [0.1, 0.15) is 0 Å². The van der Waals surface area contributed by atoms with Crippen molar-refractivity contribution in [3.8, 4) is 0 Å². The van der Waals surface area contributed by atoms with E-state index >= 15 is 0 Å². The number of rotatable bonds is 2. The smallest absolute Gasteiger partial charge is 0.0194 e. The maximum absolute atomic E-state index is 2.75. The molecular formula is C16H21NS. The Morgan fingerprint density at radius 3 is 2.56 bits per heavy atom. The number of thioether (sulfide) groups is 1. The van der Waals surface area contributed by atoms with Crippen LogP contribution in [0, 0.1) is 5.41 Å². The van der Waals surface area contributed by atoms with Crippen LogP contribution in [-0.4, -0.2) is 35.5 Å². The van der Waals surface area contributed by atoms with Crippen LogP contribution >= 0.6 is 11.8 Å². The van der Waals surface area contributed by atoms with Gasteiger partial charge in [0.05, 0.1) is 0 Å². The average molecular weight is 259 g/mol. The molecule has 96 valence electrons. The normalized spacial score (nSPS) is 31.2. The van der Waals surface area contributed by atoms with E-state index in [0.29, 0.717) is 5.41 Å². The van der Waals surface area contributed by atoms with Crippen LogP contribution in [0.15, 0.2) is 30.3 Å². The lowest BCUT2D eigenvalue weighted by atomic mass is 9.56. The molecule has 1 nitrogen and oxygen atoms in total. The van der Waals surface area contributed by atoms with Crippen molar-refractivity contribution >= 4 is 11.8 Å². The first-order valence-corrected chi connectivity index (χ1v) is 8.37. The van der Waals surface area contributed by atoms with Gasteiger partial charge in [-0.2, -0.15) is 11.8 Å². The Bertz CT molecular complexity index is 410. The highest BCUT2D eigenvalue weighted by atomic mass is 32.2. The third-order valence-electron chi connectivity index (χ3n) is 5.13. The SMILES string of the molecule is c1ccc(C2CC3(C2)CN(C2CCSC2)C3)cc1. The molecule has 2 heterocycles. The highest BCUT2D eigenvalue weighted by Gasteiger charge is 2.53. The van der Waals surface area contributed by atoms with Crippen LogP contribution in [0.25, 0.3) is 0 Å². The molecule has 1 spiro atoms. The molecule has 3 fully saturated rings. The summed E-state index contributed by atoms with van der Waals surface area (Å²) in [5.41, 5.74) is 2.28. The number of likely N-dealkylation sites (tertiary alicyclic amines) is 1. The zero-order chi connectivity index (χ0) is 12.0. The van der Waals surface area contributed by atoms with Gasteiger partial charge in [0, 0.05) is 24.9 Å². The topological polar surface area (TPSA) is 3.24 Å². The minimum absolute atomic E-state index is 0.716. The van der Waals surface area contributed by atoms with E-state index in [1.165, 1.54) is 43.9 Å². The number of hydrogen-bond donors (Lipinski definition) is 0. The van der Waals surface area contributed by atoms with Crippen LogP contribution in [0.1, 0.15) is 30.7 Å². The van der Waals surface area contributed by atoms with Gasteiger partial charge >= 0.3 is 0 Å². The van der Waals surface area contributed by atoms with Crippen LogP contribution in [0.3, 0.4) is 0 Å². The van der Waals surface area contributed by atoms with Crippen LogP contribution in [0.2, 0.25) is 0 Å². The van der Waals surface area contributed by atoms with Crippen LogP contribution < -0.4 is 0 Å². The van der Waals surface area contributed by atoms with Gasteiger partial charge in [-0.3, -0.25) is 4.90 Å². The van der Waals surface area contributed by atoms with Gasteiger partial charge in [-0.15, -0.1) is 0 Å². The largest absolute Gasteiger partial charge is 0.298 e. The van der Waals surface area contributed by atoms with Gasteiger partial charge in [0.15, 0.2) is 0 Å². The molecule has 0 N–H and O–H groups in total. The molecule has 1 aromatic carbocycles. The Labute approximate surface area is 114 Å². The van der Waals surface area contributed by atoms with Crippen molar-refractivity contribution in [3.63, 3.8) is 0 Å². The third-order valence-corrected chi connectivity index (χ3v) is 6.27. The molecule has 0 aromatic heterocycles. The summed E-state index contributed by atoms with van der Waals surface area (Å²) in [6.45, 7) is 2.78. The zero-order valence-electron chi connectivity index (χ0n) is 10.8. The molecule has 0 bridgehead atoms. The molecule has 1 aliphatic carbocycles. The summed E-state index contributed by atoms with van der Waals surface area (Å²) >= 11 is 2.14. The van der Waals surface area contributed by atoms with E-state index in [1.54, 1.807) is 5.56 Å². The maximum atomic E-state index is 2.75. The van der Waals surface area contributed by atoms with Crippen LogP contribution in [-0.2, 0) is 0 Å². The second-order valence-electron chi connectivity index (χ2n) is 6.44. The molecule has 0 radical (unpaired) electrons. The van der Waals surface area contributed by atoms with E-state index in [4.69, 9.17) is 0 Å². The highest BCUT2D eigenvalue weighted by molar-refractivity contribution is 7.99. The molecule has 0 amide bonds. The Kier molecular flexibility index (Phi) is 2.70. The van der Waals surface area contributed by atoms with E-state index in [-0.39, 0.29) is 0 Å². The lowest BCUT2D eigenvalue weighted by Gasteiger charge is -2.61. The first kappa shape index (κ1) is 11.4. The predicted octanol–water partition coefficient (Wildman–Crippen LogP) is 3.37. The first-order valence-electron chi connectivity index (χ1n) is 7.21. The second-order valence-corrected chi connectivity index (χ2v) is 7.59. The molecule has 2 saturated heterocycles. The summed E-state index contributed by atoms with van der Waals surface area (Å²) in [7, 11) is 0. The molecule has 1 saturated carbocycles. The molecule has 1 unspecified atom stereocenters. The standard InChI is InChI=1S/C16H21NS/c1-2-4-13(5-3-1)14-8-16(9-14)11-17(12-16)15-6-7-18-10-15/h1-5,14-15H,6-12H2. The molecule has 1 atom stereocenters. The van der Waals surface area contributed by atoms with Crippen molar-refractivity contribution in [1.82, 2.24) is 4.90 Å². The minimum Gasteiger partial charge on any atom is -0.298 e. The fourth-order valence-electron chi connectivity index (χ4n) is 4.09. The van der Waals surface area contributed by atoms with Crippen molar-refractivity contribution in [3.05, 3.63) is 35.9 Å². The number of hydrogen-bond acceptors (Lipinski definition) is 2. The van der Waals surface area contributed by atoms with Crippen molar-refractivity contribution < 1.29 is 0 Å². The van der Waals surface area contributed by atoms with Gasteiger partial charge in [0.25, 0.3) is 0 Å². The molecule has 4 rings (SSSR count). The van der Waals surface area contributed by atoms with Crippen LogP contribution in [0.5, 0.6) is 0 Å². The van der Waals surface area contributed by atoms with Gasteiger partial charge in [-0.05, 0) is 41.9 Å². The van der Waals surface area contributed by atoms with Gasteiger partial charge < -0.3 is 0 Å². The van der Waals surface area contributed by atoms with E-state index < -0.39 is 0 Å². The zero-order valence-corrected chi connectivity index (χ0v) is 11.7. The van der Waals surface area contributed by atoms with Crippen LogP contribution in [0.4, 0.5) is 0 Å². The Morgan fingerprint density at radius 2 is 1.89 bits per heavy atom. The lowest BCUT2D eigenvalue weighted by molar-refractivity contribution is -0.0896. The molecule has 1 aromatic rings. The Balaban J connectivity index is 1.33. The number of nitrogens with zero attached hydrogens (tertiary/aromatic N) is 1. The summed E-state index contributed by atoms with van der Waals surface area (Å²) in [5.74, 6) is 3.63. The average Bonchev–Trinajstić information content (AvgIpc) is 2.80. The molecule has 2 aliphatic heterocycles. The summed E-state index contributed by atoms with van der Waals surface area (Å²) in [6.07, 6.45) is 4.31. The van der Waals surface area contributed by atoms with E-state index in [9.17, 15) is 0 Å². The third kappa shape index (κ3) is 1.81. The lowest BCUT2D eigenvalue weighted by Crippen LogP contribution is -2.64. The summed E-state index contributed by atoms with van der Waals surface area (Å²) in [5, 5.41) is 0. The molecule has 3 aliphatic rings. The fourth-order valence-corrected chi connectivity index (χ4v) is 5.34. The fraction of sp³-hybridized carbons (Fsp3) is 0.625. The van der Waals surface area contributed by atoms with Crippen molar-refractivity contribution in [2.75, 3.05) is 24.6 Å². The minimum atomic E-state index is 0.716. The second kappa shape index (κ2) is 4.28. The molecule has 18 heavy (non-hydrogen) atoms.